The first-order valence-electron chi connectivity index (χ1n) is 6.50. The van der Waals surface area contributed by atoms with Crippen LogP contribution in [-0.4, -0.2) is 23.3 Å². The molecule has 0 spiro atoms. The average molecular weight is 299 g/mol. The Kier molecular flexibility index (Phi) is 3.83. The van der Waals surface area contributed by atoms with Gasteiger partial charge >= 0.3 is 5.97 Å². The molecule has 3 aromatic rings. The van der Waals surface area contributed by atoms with E-state index in [-0.39, 0.29) is 24.8 Å². The highest BCUT2D eigenvalue weighted by molar-refractivity contribution is 7.07. The molecule has 0 aliphatic rings. The van der Waals surface area contributed by atoms with Crippen molar-refractivity contribution in [3.05, 3.63) is 58.4 Å². The summed E-state index contributed by atoms with van der Waals surface area (Å²) in [6, 6.07) is 9.40. The third kappa shape index (κ3) is 3.03. The molecule has 4 nitrogen and oxygen atoms in total. The molecule has 2 aromatic heterocycles. The number of ether oxygens (including phenoxy) is 1. The highest BCUT2D eigenvalue weighted by Gasteiger charge is 2.14. The van der Waals surface area contributed by atoms with Gasteiger partial charge in [-0.1, -0.05) is 18.2 Å². The van der Waals surface area contributed by atoms with Crippen molar-refractivity contribution < 1.29 is 14.3 Å². The van der Waals surface area contributed by atoms with Crippen LogP contribution in [0.1, 0.15) is 15.9 Å². The predicted octanol–water partition coefficient (Wildman–Crippen LogP) is 3.20. The number of benzene rings is 1. The largest absolute Gasteiger partial charge is 0.457 e. The monoisotopic (exact) mass is 299 g/mol. The Morgan fingerprint density at radius 3 is 2.86 bits per heavy atom. The summed E-state index contributed by atoms with van der Waals surface area (Å²) in [5.74, 6) is -0.590. The fourth-order valence-electron chi connectivity index (χ4n) is 2.14. The molecule has 3 rings (SSSR count). The lowest BCUT2D eigenvalue weighted by Gasteiger charge is -2.03. The van der Waals surface area contributed by atoms with E-state index >= 15 is 0 Å². The molecule has 0 fully saturated rings. The highest BCUT2D eigenvalue weighted by atomic mass is 32.1. The number of thiophene rings is 1. The van der Waals surface area contributed by atoms with Gasteiger partial charge in [0.2, 0.25) is 5.78 Å². The van der Waals surface area contributed by atoms with Crippen LogP contribution in [0.4, 0.5) is 0 Å². The molecule has 1 aromatic carbocycles. The number of carbonyl (C=O) groups excluding carboxylic acids is 2. The zero-order chi connectivity index (χ0) is 14.7. The summed E-state index contributed by atoms with van der Waals surface area (Å²) >= 11 is 1.53. The summed E-state index contributed by atoms with van der Waals surface area (Å²) < 4.78 is 5.05. The van der Waals surface area contributed by atoms with E-state index < -0.39 is 0 Å². The first-order chi connectivity index (χ1) is 10.2. The molecule has 0 amide bonds. The van der Waals surface area contributed by atoms with E-state index in [1.807, 2.05) is 41.1 Å². The molecular weight excluding hydrogens is 286 g/mol. The molecule has 106 valence electrons. The van der Waals surface area contributed by atoms with E-state index in [1.165, 1.54) is 11.3 Å². The van der Waals surface area contributed by atoms with E-state index in [0.29, 0.717) is 5.56 Å². The van der Waals surface area contributed by atoms with Crippen LogP contribution in [0.2, 0.25) is 0 Å². The second-order valence-electron chi connectivity index (χ2n) is 4.64. The molecule has 0 aliphatic heterocycles. The number of fused-ring (bicyclic) bond motifs is 1. The minimum atomic E-state index is -0.387. The summed E-state index contributed by atoms with van der Waals surface area (Å²) in [6.07, 6.45) is 1.85. The maximum atomic E-state index is 12.1. The second kappa shape index (κ2) is 5.93. The maximum Gasteiger partial charge on any atom is 0.310 e. The number of H-pyrrole nitrogens is 1. The fourth-order valence-corrected chi connectivity index (χ4v) is 2.81. The van der Waals surface area contributed by atoms with Crippen molar-refractivity contribution in [2.45, 2.75) is 6.42 Å². The topological polar surface area (TPSA) is 59.2 Å². The number of para-hydroxylation sites is 1. The van der Waals surface area contributed by atoms with Gasteiger partial charge in [-0.3, -0.25) is 9.59 Å². The number of nitrogens with one attached hydrogen (secondary N) is 1. The van der Waals surface area contributed by atoms with Gasteiger partial charge in [-0.05, 0) is 28.5 Å². The van der Waals surface area contributed by atoms with Crippen molar-refractivity contribution in [1.82, 2.24) is 4.98 Å². The van der Waals surface area contributed by atoms with Crippen LogP contribution < -0.4 is 0 Å². The van der Waals surface area contributed by atoms with Crippen LogP contribution in [-0.2, 0) is 16.0 Å². The minimum Gasteiger partial charge on any atom is -0.457 e. The van der Waals surface area contributed by atoms with Crippen LogP contribution in [0, 0.1) is 0 Å². The fraction of sp³-hybridized carbons (Fsp3) is 0.125. The third-order valence-electron chi connectivity index (χ3n) is 3.18. The molecule has 2 heterocycles. The zero-order valence-corrected chi connectivity index (χ0v) is 12.0. The van der Waals surface area contributed by atoms with Crippen LogP contribution in [0.15, 0.2) is 47.3 Å². The summed E-state index contributed by atoms with van der Waals surface area (Å²) in [5.41, 5.74) is 2.35. The van der Waals surface area contributed by atoms with Gasteiger partial charge in [-0.2, -0.15) is 11.3 Å². The van der Waals surface area contributed by atoms with Gasteiger partial charge in [-0.25, -0.2) is 0 Å². The van der Waals surface area contributed by atoms with Gasteiger partial charge < -0.3 is 9.72 Å². The Labute approximate surface area is 125 Å². The van der Waals surface area contributed by atoms with Crippen molar-refractivity contribution in [3.8, 4) is 0 Å². The second-order valence-corrected chi connectivity index (χ2v) is 5.42. The van der Waals surface area contributed by atoms with E-state index in [9.17, 15) is 9.59 Å². The number of aromatic amines is 1. The SMILES string of the molecule is O=C(Cc1ccsc1)OCC(=O)c1c[nH]c2ccccc12. The van der Waals surface area contributed by atoms with E-state index in [0.717, 1.165) is 16.5 Å². The molecule has 0 atom stereocenters. The lowest BCUT2D eigenvalue weighted by atomic mass is 10.1. The van der Waals surface area contributed by atoms with Crippen molar-refractivity contribution in [1.29, 1.82) is 0 Å². The van der Waals surface area contributed by atoms with Crippen molar-refractivity contribution >= 4 is 34.0 Å². The Morgan fingerprint density at radius 2 is 2.05 bits per heavy atom. The predicted molar refractivity (Wildman–Crippen MR) is 81.6 cm³/mol. The number of hydrogen-bond acceptors (Lipinski definition) is 4. The Morgan fingerprint density at radius 1 is 1.19 bits per heavy atom. The van der Waals surface area contributed by atoms with Gasteiger partial charge in [0.1, 0.15) is 0 Å². The summed E-state index contributed by atoms with van der Waals surface area (Å²) in [5, 5.41) is 4.64. The summed E-state index contributed by atoms with van der Waals surface area (Å²) in [6.45, 7) is -0.231. The standard InChI is InChI=1S/C16H13NO3S/c18-15(9-20-16(19)7-11-5-6-21-10-11)13-8-17-14-4-2-1-3-12(13)14/h1-6,8,10,17H,7,9H2. The maximum absolute atomic E-state index is 12.1. The van der Waals surface area contributed by atoms with E-state index in [1.54, 1.807) is 6.20 Å². The average Bonchev–Trinajstić information content (AvgIpc) is 3.13. The first-order valence-corrected chi connectivity index (χ1v) is 7.44. The highest BCUT2D eigenvalue weighted by Crippen LogP contribution is 2.18. The smallest absolute Gasteiger partial charge is 0.310 e. The minimum absolute atomic E-state index is 0.199. The molecule has 5 heteroatoms. The number of hydrogen-bond donors (Lipinski definition) is 1. The Hall–Kier alpha value is -2.40. The third-order valence-corrected chi connectivity index (χ3v) is 3.91. The number of esters is 1. The lowest BCUT2D eigenvalue weighted by molar-refractivity contribution is -0.141. The normalized spacial score (nSPS) is 10.7. The Balaban J connectivity index is 1.63. The molecule has 0 radical (unpaired) electrons. The van der Waals surface area contributed by atoms with Crippen LogP contribution in [0.25, 0.3) is 10.9 Å². The Bertz CT molecular complexity index is 774. The molecule has 0 saturated heterocycles. The number of ketones is 1. The number of Topliss-reactive ketones (excluding diaryl/α,β-unsaturated/α-hetero) is 1. The van der Waals surface area contributed by atoms with Crippen molar-refractivity contribution in [2.24, 2.45) is 0 Å². The van der Waals surface area contributed by atoms with Gasteiger partial charge in [0.05, 0.1) is 6.42 Å². The quantitative estimate of drug-likeness (QED) is 0.581. The number of aromatic nitrogens is 1. The van der Waals surface area contributed by atoms with E-state index in [4.69, 9.17) is 4.74 Å². The summed E-state index contributed by atoms with van der Waals surface area (Å²) in [7, 11) is 0. The molecule has 21 heavy (non-hydrogen) atoms. The van der Waals surface area contributed by atoms with Gasteiger partial charge in [0, 0.05) is 22.7 Å². The van der Waals surface area contributed by atoms with E-state index in [2.05, 4.69) is 4.98 Å². The number of rotatable bonds is 5. The number of carbonyl (C=O) groups is 2. The van der Waals surface area contributed by atoms with Crippen LogP contribution in [0.5, 0.6) is 0 Å². The first kappa shape index (κ1) is 13.6. The van der Waals surface area contributed by atoms with Crippen LogP contribution >= 0.6 is 11.3 Å². The molecule has 0 aliphatic carbocycles. The van der Waals surface area contributed by atoms with Gasteiger partial charge in [0.15, 0.2) is 6.61 Å². The van der Waals surface area contributed by atoms with Crippen molar-refractivity contribution in [2.75, 3.05) is 6.61 Å². The van der Waals surface area contributed by atoms with Gasteiger partial charge in [-0.15, -0.1) is 0 Å². The molecule has 1 N–H and O–H groups in total. The van der Waals surface area contributed by atoms with Gasteiger partial charge in [0.25, 0.3) is 0 Å². The van der Waals surface area contributed by atoms with Crippen molar-refractivity contribution in [3.63, 3.8) is 0 Å². The molecule has 0 saturated carbocycles. The summed E-state index contributed by atoms with van der Waals surface area (Å²) in [4.78, 5) is 26.8. The van der Waals surface area contributed by atoms with Crippen LogP contribution in [0.3, 0.4) is 0 Å². The molecule has 0 unspecified atom stereocenters. The molecular formula is C16H13NO3S. The zero-order valence-electron chi connectivity index (χ0n) is 11.2. The lowest BCUT2D eigenvalue weighted by Crippen LogP contribution is -2.15. The molecule has 0 bridgehead atoms.